The summed E-state index contributed by atoms with van der Waals surface area (Å²) in [6.07, 6.45) is 4.42. The highest BCUT2D eigenvalue weighted by Crippen LogP contribution is 2.26. The van der Waals surface area contributed by atoms with Gasteiger partial charge in [0, 0.05) is 10.7 Å². The summed E-state index contributed by atoms with van der Waals surface area (Å²) in [6, 6.07) is 13.6. The van der Waals surface area contributed by atoms with Crippen molar-refractivity contribution < 1.29 is 22.0 Å². The largest absolute Gasteiger partial charge is 0.467 e. The molecule has 1 N–H and O–H groups in total. The molecule has 0 saturated carbocycles. The first-order valence-electron chi connectivity index (χ1n) is 10.3. The molecule has 0 saturated heterocycles. The average molecular weight is 501 g/mol. The average Bonchev–Trinajstić information content (AvgIpc) is 3.54. The molecule has 0 aliphatic carbocycles. The van der Waals surface area contributed by atoms with E-state index in [4.69, 9.17) is 20.4 Å². The van der Waals surface area contributed by atoms with Crippen molar-refractivity contribution in [3.05, 3.63) is 89.5 Å². The highest BCUT2D eigenvalue weighted by atomic mass is 35.5. The lowest BCUT2D eigenvalue weighted by Crippen LogP contribution is -2.27. The number of aromatic nitrogens is 2. The minimum atomic E-state index is -3.75. The zero-order valence-electron chi connectivity index (χ0n) is 18.1. The van der Waals surface area contributed by atoms with Gasteiger partial charge >= 0.3 is 0 Å². The number of nitrogens with one attached hydrogen (secondary N) is 1. The van der Waals surface area contributed by atoms with Crippen LogP contribution in [0, 0.1) is 0 Å². The maximum atomic E-state index is 13.3. The Kier molecular flexibility index (Phi) is 6.99. The molecule has 176 valence electrons. The second-order valence-corrected chi connectivity index (χ2v) is 9.87. The number of nitrogens with zero attached hydrogens (tertiary/aromatic N) is 3. The molecule has 0 aliphatic rings. The number of sulfone groups is 1. The Balaban J connectivity index is 1.77. The van der Waals surface area contributed by atoms with E-state index in [1.807, 2.05) is 0 Å². The first kappa shape index (κ1) is 23.5. The highest BCUT2D eigenvalue weighted by molar-refractivity contribution is 7.91. The molecule has 34 heavy (non-hydrogen) atoms. The topological polar surface area (TPSA) is 119 Å². The molecule has 3 heterocycles. The highest BCUT2D eigenvalue weighted by Gasteiger charge is 2.25. The van der Waals surface area contributed by atoms with E-state index in [2.05, 4.69) is 15.3 Å². The quantitative estimate of drug-likeness (QED) is 0.332. The molecule has 4 aromatic rings. The summed E-state index contributed by atoms with van der Waals surface area (Å²) >= 11 is 5.93. The second-order valence-electron chi connectivity index (χ2n) is 7.27. The summed E-state index contributed by atoms with van der Waals surface area (Å²) in [7, 11) is -3.75. The van der Waals surface area contributed by atoms with Crippen molar-refractivity contribution in [2.75, 3.05) is 16.0 Å². The molecule has 1 amide bonds. The Labute approximate surface area is 201 Å². The maximum absolute atomic E-state index is 13.3. The van der Waals surface area contributed by atoms with E-state index in [1.165, 1.54) is 13.1 Å². The molecule has 0 radical (unpaired) electrons. The molecule has 0 spiro atoms. The van der Waals surface area contributed by atoms with E-state index in [0.717, 1.165) is 0 Å². The summed E-state index contributed by atoms with van der Waals surface area (Å²) < 4.78 is 35.9. The third kappa shape index (κ3) is 5.46. The zero-order valence-corrected chi connectivity index (χ0v) is 19.7. The maximum Gasteiger partial charge on any atom is 0.276 e. The summed E-state index contributed by atoms with van der Waals surface area (Å²) in [6.45, 7) is 2.01. The lowest BCUT2D eigenvalue weighted by atomic mass is 10.2. The number of hydrogen-bond donors (Lipinski definition) is 1. The van der Waals surface area contributed by atoms with Gasteiger partial charge in [0.05, 0.1) is 43.3 Å². The third-order valence-corrected chi connectivity index (χ3v) is 6.68. The molecular formula is C23H21ClN4O5S. The van der Waals surface area contributed by atoms with Crippen LogP contribution in [0.15, 0.2) is 81.2 Å². The van der Waals surface area contributed by atoms with Crippen LogP contribution >= 0.6 is 11.6 Å². The molecule has 9 nitrogen and oxygen atoms in total. The fourth-order valence-electron chi connectivity index (χ4n) is 3.17. The van der Waals surface area contributed by atoms with Gasteiger partial charge < -0.3 is 19.1 Å². The van der Waals surface area contributed by atoms with Crippen molar-refractivity contribution in [1.82, 2.24) is 9.97 Å². The van der Waals surface area contributed by atoms with E-state index < -0.39 is 20.9 Å². The third-order valence-electron chi connectivity index (χ3n) is 4.92. The van der Waals surface area contributed by atoms with Crippen LogP contribution in [0.1, 0.15) is 28.9 Å². The molecule has 1 aromatic carbocycles. The van der Waals surface area contributed by atoms with Crippen LogP contribution in [0.5, 0.6) is 0 Å². The Morgan fingerprint density at radius 1 is 1.03 bits per heavy atom. The molecule has 0 atom stereocenters. The minimum absolute atomic E-state index is 0.102. The van der Waals surface area contributed by atoms with E-state index in [-0.39, 0.29) is 24.5 Å². The molecule has 4 rings (SSSR count). The Bertz CT molecular complexity index is 1320. The van der Waals surface area contributed by atoms with E-state index in [0.29, 0.717) is 27.9 Å². The first-order valence-corrected chi connectivity index (χ1v) is 12.3. The number of rotatable bonds is 9. The lowest BCUT2D eigenvalue weighted by molar-refractivity contribution is 0.102. The van der Waals surface area contributed by atoms with Crippen molar-refractivity contribution in [3.8, 4) is 0 Å². The number of furan rings is 2. The minimum Gasteiger partial charge on any atom is -0.467 e. The Hall–Kier alpha value is -3.63. The number of carbonyl (C=O) groups excluding carboxylic acids is 1. The Morgan fingerprint density at radius 2 is 1.65 bits per heavy atom. The smallest absolute Gasteiger partial charge is 0.276 e. The second kappa shape index (κ2) is 10.1. The van der Waals surface area contributed by atoms with Crippen LogP contribution < -0.4 is 10.2 Å². The van der Waals surface area contributed by atoms with Gasteiger partial charge in [0.15, 0.2) is 5.69 Å². The van der Waals surface area contributed by atoms with Gasteiger partial charge in [-0.05, 0) is 48.5 Å². The van der Waals surface area contributed by atoms with E-state index in [9.17, 15) is 13.2 Å². The van der Waals surface area contributed by atoms with Crippen molar-refractivity contribution in [2.24, 2.45) is 0 Å². The zero-order chi connectivity index (χ0) is 24.1. The van der Waals surface area contributed by atoms with Crippen LogP contribution in [0.2, 0.25) is 5.02 Å². The molecule has 0 bridgehead atoms. The lowest BCUT2D eigenvalue weighted by Gasteiger charge is -2.24. The van der Waals surface area contributed by atoms with E-state index in [1.54, 1.807) is 66.0 Å². The predicted molar refractivity (Wildman–Crippen MR) is 126 cm³/mol. The number of halogens is 1. The molecule has 0 fully saturated rings. The van der Waals surface area contributed by atoms with Crippen molar-refractivity contribution >= 4 is 38.7 Å². The summed E-state index contributed by atoms with van der Waals surface area (Å²) in [5.41, 5.74) is 0.687. The van der Waals surface area contributed by atoms with Gasteiger partial charge in [0.2, 0.25) is 15.0 Å². The van der Waals surface area contributed by atoms with Gasteiger partial charge in [0.25, 0.3) is 5.91 Å². The summed E-state index contributed by atoms with van der Waals surface area (Å²) in [4.78, 5) is 23.3. The SMILES string of the molecule is CCS(=O)(=O)c1ncc(N(Cc2ccco2)Cc2ccco2)c(C(=O)Nc2ccc(Cl)cc2)n1. The van der Waals surface area contributed by atoms with Crippen LogP contribution in [0.25, 0.3) is 0 Å². The summed E-state index contributed by atoms with van der Waals surface area (Å²) in [5, 5.41) is 2.83. The number of carbonyl (C=O) groups is 1. The van der Waals surface area contributed by atoms with Gasteiger partial charge in [-0.3, -0.25) is 4.79 Å². The number of anilines is 2. The Morgan fingerprint density at radius 3 is 2.18 bits per heavy atom. The monoisotopic (exact) mass is 500 g/mol. The predicted octanol–water partition coefficient (Wildman–Crippen LogP) is 4.57. The number of amides is 1. The molecule has 3 aromatic heterocycles. The van der Waals surface area contributed by atoms with Crippen LogP contribution in [0.3, 0.4) is 0 Å². The van der Waals surface area contributed by atoms with Crippen LogP contribution in [-0.2, 0) is 22.9 Å². The van der Waals surface area contributed by atoms with E-state index >= 15 is 0 Å². The fourth-order valence-corrected chi connectivity index (χ4v) is 4.00. The number of benzene rings is 1. The van der Waals surface area contributed by atoms with Crippen molar-refractivity contribution in [3.63, 3.8) is 0 Å². The number of hydrogen-bond acceptors (Lipinski definition) is 8. The summed E-state index contributed by atoms with van der Waals surface area (Å²) in [5.74, 6) is 0.450. The first-order chi connectivity index (χ1) is 16.4. The van der Waals surface area contributed by atoms with Gasteiger partial charge in [0.1, 0.15) is 11.5 Å². The molecule has 0 aliphatic heterocycles. The van der Waals surface area contributed by atoms with Crippen molar-refractivity contribution in [2.45, 2.75) is 25.2 Å². The fraction of sp³-hybridized carbons (Fsp3) is 0.174. The van der Waals surface area contributed by atoms with Gasteiger partial charge in [-0.1, -0.05) is 18.5 Å². The van der Waals surface area contributed by atoms with Gasteiger partial charge in [-0.2, -0.15) is 0 Å². The molecule has 0 unspecified atom stereocenters. The standard InChI is InChI=1S/C23H21ClN4O5S/c1-2-34(30,31)23-25-13-20(21(27-23)22(29)26-17-9-7-16(24)8-10-17)28(14-18-5-3-11-32-18)15-19-6-4-12-33-19/h3-13H,2,14-15H2,1H3,(H,26,29). The normalized spacial score (nSPS) is 11.4. The van der Waals surface area contributed by atoms with Gasteiger partial charge in [-0.25, -0.2) is 18.4 Å². The van der Waals surface area contributed by atoms with Crippen LogP contribution in [0.4, 0.5) is 11.4 Å². The molecular weight excluding hydrogens is 480 g/mol. The van der Waals surface area contributed by atoms with Crippen molar-refractivity contribution in [1.29, 1.82) is 0 Å². The molecule has 11 heteroatoms. The van der Waals surface area contributed by atoms with Gasteiger partial charge in [-0.15, -0.1) is 0 Å². The van der Waals surface area contributed by atoms with Crippen LogP contribution in [-0.4, -0.2) is 30.0 Å².